The van der Waals surface area contributed by atoms with Gasteiger partial charge in [0, 0.05) is 34.9 Å². The molecule has 2 N–H and O–H groups in total. The van der Waals surface area contributed by atoms with Gasteiger partial charge in [-0.15, -0.1) is 11.8 Å². The minimum atomic E-state index is -4.39. The number of rotatable bonds is 7. The number of thioether (sulfide) groups is 1. The Morgan fingerprint density at radius 2 is 2.06 bits per heavy atom. The molecule has 2 aromatic rings. The first-order valence-electron chi connectivity index (χ1n) is 11.7. The molecule has 2 aromatic carbocycles. The van der Waals surface area contributed by atoms with Crippen molar-refractivity contribution in [3.63, 3.8) is 0 Å². The zero-order chi connectivity index (χ0) is 25.7. The van der Waals surface area contributed by atoms with E-state index in [1.807, 2.05) is 24.5 Å². The van der Waals surface area contributed by atoms with Crippen LogP contribution in [0.5, 0.6) is 5.75 Å². The van der Waals surface area contributed by atoms with Crippen molar-refractivity contribution in [2.24, 2.45) is 0 Å². The number of anilines is 3. The molecule has 2 aliphatic rings. The van der Waals surface area contributed by atoms with Gasteiger partial charge in [-0.05, 0) is 43.0 Å². The van der Waals surface area contributed by atoms with E-state index in [0.717, 1.165) is 16.1 Å². The normalized spacial score (nSPS) is 21.4. The molecule has 10 heteroatoms. The lowest BCUT2D eigenvalue weighted by molar-refractivity contribution is -0.120. The van der Waals surface area contributed by atoms with Gasteiger partial charge in [-0.2, -0.15) is 13.2 Å². The van der Waals surface area contributed by atoms with Crippen LogP contribution in [0.1, 0.15) is 12.0 Å². The van der Waals surface area contributed by atoms with Crippen LogP contribution in [0, 0.1) is 11.8 Å². The first-order chi connectivity index (χ1) is 17.3. The van der Waals surface area contributed by atoms with Gasteiger partial charge >= 0.3 is 6.18 Å². The molecule has 194 valence electrons. The molecule has 3 atom stereocenters. The third kappa shape index (κ3) is 6.31. The largest absolute Gasteiger partial charge is 0.495 e. The van der Waals surface area contributed by atoms with Crippen molar-refractivity contribution >= 4 is 28.8 Å². The Kier molecular flexibility index (Phi) is 8.42. The zero-order valence-electron chi connectivity index (χ0n) is 20.1. The fourth-order valence-electron chi connectivity index (χ4n) is 4.50. The van der Waals surface area contributed by atoms with E-state index in [2.05, 4.69) is 22.5 Å². The summed E-state index contributed by atoms with van der Waals surface area (Å²) >= 11 is 1.60. The average molecular weight is 524 g/mol. The number of fused-ring (bicyclic) bond motifs is 1. The summed E-state index contributed by atoms with van der Waals surface area (Å²) in [7, 11) is 1.58. The molecule has 1 fully saturated rings. The molecule has 0 spiro atoms. The van der Waals surface area contributed by atoms with Crippen LogP contribution in [-0.4, -0.2) is 64.1 Å². The highest BCUT2D eigenvalue weighted by Gasteiger charge is 2.39. The standard InChI is InChI=1S/C26H29F4N3O2S/c1-34-25-14-18(36-2)8-9-23(25)31-11-4-5-17-13-19-21(32-22-10-12-35-15-20(22)27)6-3-7-24(19)33(17)16-26(28,29)30/h3,6-9,14,17,20,22,31-32H,10-13,15-16H2,1-2H3. The van der Waals surface area contributed by atoms with E-state index in [9.17, 15) is 17.6 Å². The van der Waals surface area contributed by atoms with Crippen LogP contribution in [0.4, 0.5) is 34.6 Å². The van der Waals surface area contributed by atoms with E-state index in [1.54, 1.807) is 37.1 Å². The predicted molar refractivity (Wildman–Crippen MR) is 136 cm³/mol. The van der Waals surface area contributed by atoms with E-state index in [-0.39, 0.29) is 13.2 Å². The Morgan fingerprint density at radius 1 is 1.22 bits per heavy atom. The van der Waals surface area contributed by atoms with Gasteiger partial charge in [0.05, 0.1) is 38.0 Å². The van der Waals surface area contributed by atoms with Gasteiger partial charge in [0.15, 0.2) is 0 Å². The van der Waals surface area contributed by atoms with Crippen LogP contribution in [0.3, 0.4) is 0 Å². The highest BCUT2D eigenvalue weighted by molar-refractivity contribution is 7.98. The van der Waals surface area contributed by atoms with E-state index < -0.39 is 31.0 Å². The summed E-state index contributed by atoms with van der Waals surface area (Å²) < 4.78 is 65.3. The summed E-state index contributed by atoms with van der Waals surface area (Å²) in [5.41, 5.74) is 2.61. The van der Waals surface area contributed by atoms with E-state index in [0.29, 0.717) is 36.6 Å². The summed E-state index contributed by atoms with van der Waals surface area (Å²) in [4.78, 5) is 2.34. The fourth-order valence-corrected chi connectivity index (χ4v) is 4.93. The number of hydrogen-bond donors (Lipinski definition) is 2. The number of alkyl halides is 4. The summed E-state index contributed by atoms with van der Waals surface area (Å²) in [5.74, 6) is 6.68. The highest BCUT2D eigenvalue weighted by atomic mass is 32.2. The molecule has 0 aliphatic carbocycles. The van der Waals surface area contributed by atoms with Crippen LogP contribution in [-0.2, 0) is 11.2 Å². The second-order valence-electron chi connectivity index (χ2n) is 8.64. The molecule has 0 bridgehead atoms. The predicted octanol–water partition coefficient (Wildman–Crippen LogP) is 5.36. The Balaban J connectivity index is 1.51. The molecular formula is C26H29F4N3O2S. The minimum absolute atomic E-state index is 0.0127. The highest BCUT2D eigenvalue weighted by Crippen LogP contribution is 2.39. The van der Waals surface area contributed by atoms with E-state index in [4.69, 9.17) is 9.47 Å². The molecule has 4 rings (SSSR count). The molecule has 0 aromatic heterocycles. The molecule has 2 aliphatic heterocycles. The Labute approximate surface area is 212 Å². The van der Waals surface area contributed by atoms with Crippen LogP contribution in [0.2, 0.25) is 0 Å². The van der Waals surface area contributed by atoms with Crippen LogP contribution in [0.25, 0.3) is 0 Å². The van der Waals surface area contributed by atoms with Crippen LogP contribution >= 0.6 is 11.8 Å². The summed E-state index contributed by atoms with van der Waals surface area (Å²) in [6.07, 6.45) is -2.78. The molecule has 0 radical (unpaired) electrons. The summed E-state index contributed by atoms with van der Waals surface area (Å²) in [5, 5.41) is 6.39. The monoisotopic (exact) mass is 523 g/mol. The number of halogens is 4. The van der Waals surface area contributed by atoms with Crippen molar-refractivity contribution in [2.45, 2.75) is 42.2 Å². The topological polar surface area (TPSA) is 45.8 Å². The lowest BCUT2D eigenvalue weighted by atomic mass is 10.0. The third-order valence-corrected chi connectivity index (χ3v) is 6.98. The molecule has 1 saturated heterocycles. The maximum Gasteiger partial charge on any atom is 0.405 e. The Hall–Kier alpha value is -2.77. The molecule has 0 saturated carbocycles. The summed E-state index contributed by atoms with van der Waals surface area (Å²) in [6.45, 7) is -0.403. The first kappa shape index (κ1) is 26.3. The molecular weight excluding hydrogens is 494 g/mol. The minimum Gasteiger partial charge on any atom is -0.495 e. The van der Waals surface area contributed by atoms with Crippen molar-refractivity contribution in [2.75, 3.05) is 55.2 Å². The maximum absolute atomic E-state index is 14.3. The van der Waals surface area contributed by atoms with Crippen molar-refractivity contribution < 1.29 is 27.0 Å². The van der Waals surface area contributed by atoms with Gasteiger partial charge in [0.1, 0.15) is 18.5 Å². The smallest absolute Gasteiger partial charge is 0.405 e. The number of hydrogen-bond acceptors (Lipinski definition) is 6. The fraction of sp³-hybridized carbons (Fsp3) is 0.462. The second-order valence-corrected chi connectivity index (χ2v) is 9.52. The Morgan fingerprint density at radius 3 is 2.78 bits per heavy atom. The van der Waals surface area contributed by atoms with Crippen molar-refractivity contribution in [1.82, 2.24) is 0 Å². The van der Waals surface area contributed by atoms with Gasteiger partial charge in [-0.25, -0.2) is 4.39 Å². The third-order valence-electron chi connectivity index (χ3n) is 6.26. The number of methoxy groups -OCH3 is 1. The second kappa shape index (κ2) is 11.5. The molecule has 0 amide bonds. The average Bonchev–Trinajstić information content (AvgIpc) is 3.20. The first-order valence-corrected chi connectivity index (χ1v) is 12.9. The Bertz CT molecular complexity index is 1120. The number of nitrogens with zero attached hydrogens (tertiary/aromatic N) is 1. The zero-order valence-corrected chi connectivity index (χ0v) is 20.9. The van der Waals surface area contributed by atoms with Crippen LogP contribution in [0.15, 0.2) is 41.3 Å². The van der Waals surface area contributed by atoms with Gasteiger partial charge in [0.25, 0.3) is 0 Å². The van der Waals surface area contributed by atoms with Gasteiger partial charge in [-0.3, -0.25) is 0 Å². The SMILES string of the molecule is COc1cc(SC)ccc1NCC#CC1Cc2c(NC3CCOCC3F)cccc2N1CC(F)(F)F. The van der Waals surface area contributed by atoms with Gasteiger partial charge in [-0.1, -0.05) is 17.9 Å². The number of ether oxygens (including phenoxy) is 2. The van der Waals surface area contributed by atoms with Crippen LogP contribution < -0.4 is 20.3 Å². The van der Waals surface area contributed by atoms with E-state index >= 15 is 0 Å². The van der Waals surface area contributed by atoms with Crippen molar-refractivity contribution in [3.8, 4) is 17.6 Å². The molecule has 5 nitrogen and oxygen atoms in total. The van der Waals surface area contributed by atoms with Gasteiger partial charge < -0.3 is 25.0 Å². The van der Waals surface area contributed by atoms with Crippen molar-refractivity contribution in [1.29, 1.82) is 0 Å². The molecule has 3 unspecified atom stereocenters. The number of nitrogens with one attached hydrogen (secondary N) is 2. The molecule has 36 heavy (non-hydrogen) atoms. The number of benzene rings is 2. The maximum atomic E-state index is 14.3. The van der Waals surface area contributed by atoms with Crippen molar-refractivity contribution in [3.05, 3.63) is 42.0 Å². The van der Waals surface area contributed by atoms with E-state index in [1.165, 1.54) is 4.90 Å². The lowest BCUT2D eigenvalue weighted by Crippen LogP contribution is -2.39. The lowest BCUT2D eigenvalue weighted by Gasteiger charge is -2.29. The molecule has 2 heterocycles. The quantitative estimate of drug-likeness (QED) is 0.289. The van der Waals surface area contributed by atoms with Gasteiger partial charge in [0.2, 0.25) is 0 Å². The summed E-state index contributed by atoms with van der Waals surface area (Å²) in [6, 6.07) is 9.81.